The predicted molar refractivity (Wildman–Crippen MR) is 233 cm³/mol. The molecule has 0 fully saturated rings. The summed E-state index contributed by atoms with van der Waals surface area (Å²) in [5.74, 6) is 1.80. The summed E-state index contributed by atoms with van der Waals surface area (Å²) in [7, 11) is 0. The lowest BCUT2D eigenvalue weighted by atomic mass is 9.92. The van der Waals surface area contributed by atoms with Crippen LogP contribution in [0.2, 0.25) is 0 Å². The summed E-state index contributed by atoms with van der Waals surface area (Å²) in [5, 5.41) is 5.48. The van der Waals surface area contributed by atoms with E-state index in [0.717, 1.165) is 93.8 Å². The van der Waals surface area contributed by atoms with Gasteiger partial charge in [-0.1, -0.05) is 170 Å². The quantitative estimate of drug-likeness (QED) is 0.160. The molecule has 0 unspecified atom stereocenters. The molecule has 0 N–H and O–H groups in total. The third-order valence-electron chi connectivity index (χ3n) is 10.7. The number of pyridine rings is 1. The molecule has 3 aromatic heterocycles. The van der Waals surface area contributed by atoms with Gasteiger partial charge in [-0.2, -0.15) is 0 Å². The summed E-state index contributed by atoms with van der Waals surface area (Å²) in [6.07, 6.45) is 0. The highest BCUT2D eigenvalue weighted by Crippen LogP contribution is 2.40. The minimum atomic E-state index is 0.592. The van der Waals surface area contributed by atoms with Crippen molar-refractivity contribution >= 4 is 43.6 Å². The fraction of sp³-hybridized carbons (Fsp3) is 0. The molecule has 0 radical (unpaired) electrons. The number of benzene rings is 8. The molecule has 0 saturated carbocycles. The molecule has 0 bridgehead atoms. The lowest BCUT2D eigenvalue weighted by Crippen LogP contribution is -2.00. The molecule has 11 rings (SSSR count). The van der Waals surface area contributed by atoms with Crippen molar-refractivity contribution in [1.29, 1.82) is 0 Å². The number of nitrogens with zero attached hydrogens (tertiary/aromatic N) is 4. The fourth-order valence-corrected chi connectivity index (χ4v) is 7.99. The second kappa shape index (κ2) is 13.5. The average molecular weight is 729 g/mol. The molecule has 0 amide bonds. The Morgan fingerprint density at radius 1 is 0.316 bits per heavy atom. The Hall–Kier alpha value is -7.76. The number of aromatic nitrogens is 4. The number of rotatable bonds is 6. The lowest BCUT2D eigenvalue weighted by Gasteiger charge is -2.15. The molecule has 11 aromatic rings. The van der Waals surface area contributed by atoms with Crippen molar-refractivity contribution in [3.8, 4) is 67.7 Å². The van der Waals surface area contributed by atoms with Crippen LogP contribution in [0.15, 0.2) is 199 Å². The van der Waals surface area contributed by atoms with Crippen LogP contribution in [-0.4, -0.2) is 19.9 Å². The molecular weight excluding hydrogens is 697 g/mol. The monoisotopic (exact) mass is 728 g/mol. The van der Waals surface area contributed by atoms with Gasteiger partial charge in [0.25, 0.3) is 0 Å². The number of hydrogen-bond acceptors (Lipinski definition) is 5. The summed E-state index contributed by atoms with van der Waals surface area (Å²) in [5.41, 5.74) is 11.8. The first-order valence-electron chi connectivity index (χ1n) is 19.1. The first-order chi connectivity index (χ1) is 28.2. The highest BCUT2D eigenvalue weighted by atomic mass is 16.3. The van der Waals surface area contributed by atoms with E-state index in [2.05, 4.69) is 140 Å². The minimum Gasteiger partial charge on any atom is -0.455 e. The van der Waals surface area contributed by atoms with E-state index in [4.69, 9.17) is 24.4 Å². The second-order valence-electron chi connectivity index (χ2n) is 14.2. The molecule has 0 spiro atoms. The highest BCUT2D eigenvalue weighted by Gasteiger charge is 2.18. The Morgan fingerprint density at radius 3 is 1.54 bits per heavy atom. The SMILES string of the molecule is c1ccc(-c2nc(-c3ccc(-c4cccc5c4oc4ccccc45)cc3)nc(-c3ccc4nc(-c5ccccc5)c5cccc(-c6ccccc6)c5c4c3)n2)cc1. The van der Waals surface area contributed by atoms with Gasteiger partial charge in [0.05, 0.1) is 11.2 Å². The van der Waals surface area contributed by atoms with E-state index in [9.17, 15) is 0 Å². The van der Waals surface area contributed by atoms with Crippen LogP contribution < -0.4 is 0 Å². The van der Waals surface area contributed by atoms with Crippen molar-refractivity contribution in [1.82, 2.24) is 19.9 Å². The van der Waals surface area contributed by atoms with Gasteiger partial charge >= 0.3 is 0 Å². The van der Waals surface area contributed by atoms with Gasteiger partial charge in [-0.25, -0.2) is 19.9 Å². The van der Waals surface area contributed by atoms with Gasteiger partial charge < -0.3 is 4.42 Å². The maximum absolute atomic E-state index is 6.36. The molecule has 0 aliphatic carbocycles. The normalized spacial score (nSPS) is 11.5. The zero-order valence-corrected chi connectivity index (χ0v) is 30.7. The standard InChI is InChI=1S/C52H32N4O/c1-4-14-33(15-5-1)39-21-12-24-43-47(39)44-32-38(30-31-45(44)53-48(43)35-16-6-2-7-17-35)52-55-50(36-18-8-3-9-19-36)54-51(56-52)37-28-26-34(27-29-37)40-22-13-23-42-41-20-10-11-25-46(41)57-49(40)42/h1-32H. The first kappa shape index (κ1) is 32.7. The van der Waals surface area contributed by atoms with Gasteiger partial charge in [0, 0.05) is 54.7 Å². The summed E-state index contributed by atoms with van der Waals surface area (Å²) in [4.78, 5) is 20.6. The van der Waals surface area contributed by atoms with E-state index < -0.39 is 0 Å². The number of fused-ring (bicyclic) bond motifs is 6. The zero-order valence-electron chi connectivity index (χ0n) is 30.7. The topological polar surface area (TPSA) is 64.7 Å². The van der Waals surface area contributed by atoms with Crippen LogP contribution >= 0.6 is 0 Å². The first-order valence-corrected chi connectivity index (χ1v) is 19.1. The Morgan fingerprint density at radius 2 is 0.825 bits per heavy atom. The zero-order chi connectivity index (χ0) is 37.7. The average Bonchev–Trinajstić information content (AvgIpc) is 3.68. The van der Waals surface area contributed by atoms with Crippen LogP contribution in [0.3, 0.4) is 0 Å². The van der Waals surface area contributed by atoms with E-state index in [1.165, 1.54) is 0 Å². The fourth-order valence-electron chi connectivity index (χ4n) is 7.99. The molecular formula is C52H32N4O. The van der Waals surface area contributed by atoms with E-state index in [1.54, 1.807) is 0 Å². The maximum Gasteiger partial charge on any atom is 0.164 e. The summed E-state index contributed by atoms with van der Waals surface area (Å²) >= 11 is 0. The maximum atomic E-state index is 6.36. The minimum absolute atomic E-state index is 0.592. The van der Waals surface area contributed by atoms with E-state index in [-0.39, 0.29) is 0 Å². The van der Waals surface area contributed by atoms with E-state index in [1.807, 2.05) is 54.6 Å². The molecule has 0 aliphatic rings. The number of hydrogen-bond donors (Lipinski definition) is 0. The molecule has 0 saturated heterocycles. The third kappa shape index (κ3) is 5.72. The molecule has 5 nitrogen and oxygen atoms in total. The summed E-state index contributed by atoms with van der Waals surface area (Å²) < 4.78 is 6.36. The third-order valence-corrected chi connectivity index (χ3v) is 10.7. The van der Waals surface area contributed by atoms with E-state index >= 15 is 0 Å². The Balaban J connectivity index is 1.08. The van der Waals surface area contributed by atoms with Crippen LogP contribution in [0.5, 0.6) is 0 Å². The second-order valence-corrected chi connectivity index (χ2v) is 14.2. The van der Waals surface area contributed by atoms with Crippen LogP contribution in [0.4, 0.5) is 0 Å². The number of para-hydroxylation sites is 2. The van der Waals surface area contributed by atoms with Gasteiger partial charge in [-0.15, -0.1) is 0 Å². The molecule has 8 aromatic carbocycles. The lowest BCUT2D eigenvalue weighted by molar-refractivity contribution is 0.670. The Labute approximate surface area is 328 Å². The van der Waals surface area contributed by atoms with Gasteiger partial charge in [-0.05, 0) is 41.0 Å². The molecule has 0 atom stereocenters. The van der Waals surface area contributed by atoms with Crippen molar-refractivity contribution in [3.05, 3.63) is 194 Å². The Kier molecular flexibility index (Phi) is 7.74. The summed E-state index contributed by atoms with van der Waals surface area (Å²) in [6.45, 7) is 0. The van der Waals surface area contributed by atoms with E-state index in [0.29, 0.717) is 17.5 Å². The Bertz CT molecular complexity index is 3270. The van der Waals surface area contributed by atoms with Gasteiger partial charge in [-0.3, -0.25) is 0 Å². The van der Waals surface area contributed by atoms with Crippen molar-refractivity contribution in [2.45, 2.75) is 0 Å². The van der Waals surface area contributed by atoms with Crippen molar-refractivity contribution in [2.75, 3.05) is 0 Å². The number of furan rings is 1. The molecule has 57 heavy (non-hydrogen) atoms. The van der Waals surface area contributed by atoms with Crippen LogP contribution in [-0.2, 0) is 0 Å². The van der Waals surface area contributed by atoms with Crippen LogP contribution in [0.1, 0.15) is 0 Å². The van der Waals surface area contributed by atoms with Gasteiger partial charge in [0.15, 0.2) is 17.5 Å². The molecule has 266 valence electrons. The van der Waals surface area contributed by atoms with Crippen LogP contribution in [0.25, 0.3) is 111 Å². The smallest absolute Gasteiger partial charge is 0.164 e. The molecule has 0 aliphatic heterocycles. The van der Waals surface area contributed by atoms with Crippen LogP contribution in [0, 0.1) is 0 Å². The largest absolute Gasteiger partial charge is 0.455 e. The molecule has 3 heterocycles. The summed E-state index contributed by atoms with van der Waals surface area (Å²) in [6, 6.07) is 66.8. The van der Waals surface area contributed by atoms with Crippen molar-refractivity contribution in [2.24, 2.45) is 0 Å². The van der Waals surface area contributed by atoms with Gasteiger partial charge in [0.1, 0.15) is 11.2 Å². The predicted octanol–water partition coefficient (Wildman–Crippen LogP) is 13.5. The molecule has 5 heteroatoms. The van der Waals surface area contributed by atoms with Crippen molar-refractivity contribution in [3.63, 3.8) is 0 Å². The van der Waals surface area contributed by atoms with Crippen molar-refractivity contribution < 1.29 is 4.42 Å². The van der Waals surface area contributed by atoms with Gasteiger partial charge in [0.2, 0.25) is 0 Å². The highest BCUT2D eigenvalue weighted by molar-refractivity contribution is 6.17.